The van der Waals surface area contributed by atoms with Gasteiger partial charge in [-0.1, -0.05) is 6.07 Å². The number of aromatic nitrogens is 1. The van der Waals surface area contributed by atoms with E-state index in [-0.39, 0.29) is 31.0 Å². The van der Waals surface area contributed by atoms with Crippen LogP contribution in [0.3, 0.4) is 0 Å². The highest BCUT2D eigenvalue weighted by atomic mass is 32.2. The third kappa shape index (κ3) is 6.51. The largest absolute Gasteiger partial charge is 0.472 e. The number of ether oxygens (including phenoxy) is 2. The summed E-state index contributed by atoms with van der Waals surface area (Å²) in [6, 6.07) is 5.08. The summed E-state index contributed by atoms with van der Waals surface area (Å²) in [6.45, 7) is 0.965. The molecule has 8 nitrogen and oxygen atoms in total. The van der Waals surface area contributed by atoms with E-state index < -0.39 is 10.0 Å². The standard InChI is InChI=1S/C14H21N3O5S/c1-23(19,20)16-8-5-13(18)17-11-10-21-9-6-12(11)22-14-4-2-3-7-15-14/h2-4,7,11-12,16H,5-6,8-10H2,1H3,(H,17,18)/t11-,12-/m1/s1. The Balaban J connectivity index is 1.84. The van der Waals surface area contributed by atoms with Gasteiger partial charge in [0.25, 0.3) is 0 Å². The molecule has 0 spiro atoms. The molecule has 1 saturated heterocycles. The van der Waals surface area contributed by atoms with Crippen molar-refractivity contribution in [2.75, 3.05) is 26.0 Å². The number of pyridine rings is 1. The molecule has 1 aromatic rings. The van der Waals surface area contributed by atoms with Gasteiger partial charge >= 0.3 is 0 Å². The van der Waals surface area contributed by atoms with Crippen LogP contribution >= 0.6 is 0 Å². The number of carbonyl (C=O) groups is 1. The molecule has 1 amide bonds. The van der Waals surface area contributed by atoms with Crippen LogP contribution < -0.4 is 14.8 Å². The fourth-order valence-corrected chi connectivity index (χ4v) is 2.67. The van der Waals surface area contributed by atoms with Crippen molar-refractivity contribution in [2.24, 2.45) is 0 Å². The van der Waals surface area contributed by atoms with E-state index in [2.05, 4.69) is 15.0 Å². The summed E-state index contributed by atoms with van der Waals surface area (Å²) in [5.41, 5.74) is 0. The molecule has 2 rings (SSSR count). The van der Waals surface area contributed by atoms with Crippen molar-refractivity contribution in [3.63, 3.8) is 0 Å². The second kappa shape index (κ2) is 8.23. The minimum Gasteiger partial charge on any atom is -0.472 e. The van der Waals surface area contributed by atoms with Crippen LogP contribution in [0.5, 0.6) is 5.88 Å². The molecule has 0 aliphatic carbocycles. The average molecular weight is 343 g/mol. The summed E-state index contributed by atoms with van der Waals surface area (Å²) < 4.78 is 35.4. The van der Waals surface area contributed by atoms with E-state index in [1.165, 1.54) is 0 Å². The number of nitrogens with one attached hydrogen (secondary N) is 2. The lowest BCUT2D eigenvalue weighted by Gasteiger charge is -2.32. The van der Waals surface area contributed by atoms with Crippen LogP contribution in [-0.4, -0.2) is 57.5 Å². The molecule has 0 aromatic carbocycles. The second-order valence-corrected chi connectivity index (χ2v) is 7.11. The maximum absolute atomic E-state index is 11.9. The van der Waals surface area contributed by atoms with Gasteiger partial charge in [0.1, 0.15) is 6.10 Å². The Morgan fingerprint density at radius 3 is 3.00 bits per heavy atom. The molecule has 0 unspecified atom stereocenters. The van der Waals surface area contributed by atoms with Crippen molar-refractivity contribution in [3.8, 4) is 5.88 Å². The Labute approximate surface area is 135 Å². The molecule has 1 aliphatic heterocycles. The van der Waals surface area contributed by atoms with Crippen molar-refractivity contribution in [3.05, 3.63) is 24.4 Å². The monoisotopic (exact) mass is 343 g/mol. The van der Waals surface area contributed by atoms with E-state index in [9.17, 15) is 13.2 Å². The van der Waals surface area contributed by atoms with E-state index in [0.29, 0.717) is 25.5 Å². The predicted octanol–water partition coefficient (Wildman–Crippen LogP) is -0.327. The Morgan fingerprint density at radius 1 is 1.48 bits per heavy atom. The Hall–Kier alpha value is -1.71. The molecule has 1 aliphatic rings. The lowest BCUT2D eigenvalue weighted by atomic mass is 10.1. The first kappa shape index (κ1) is 17.6. The number of nitrogens with zero attached hydrogens (tertiary/aromatic N) is 1. The highest BCUT2D eigenvalue weighted by molar-refractivity contribution is 7.88. The van der Waals surface area contributed by atoms with Crippen molar-refractivity contribution in [2.45, 2.75) is 25.0 Å². The molecule has 1 aromatic heterocycles. The maximum Gasteiger partial charge on any atom is 0.221 e. The maximum atomic E-state index is 11.9. The first-order valence-electron chi connectivity index (χ1n) is 7.33. The number of rotatable bonds is 7. The SMILES string of the molecule is CS(=O)(=O)NCCC(=O)N[C@@H]1COCC[C@H]1Oc1ccccn1. The number of sulfonamides is 1. The summed E-state index contributed by atoms with van der Waals surface area (Å²) in [4.78, 5) is 16.0. The van der Waals surface area contributed by atoms with Crippen LogP contribution in [0.4, 0.5) is 0 Å². The Morgan fingerprint density at radius 2 is 2.30 bits per heavy atom. The first-order chi connectivity index (χ1) is 10.9. The van der Waals surface area contributed by atoms with Crippen LogP contribution in [0.25, 0.3) is 0 Å². The van der Waals surface area contributed by atoms with Crippen LogP contribution in [0.1, 0.15) is 12.8 Å². The predicted molar refractivity (Wildman–Crippen MR) is 83.5 cm³/mol. The van der Waals surface area contributed by atoms with E-state index in [4.69, 9.17) is 9.47 Å². The van der Waals surface area contributed by atoms with Gasteiger partial charge in [-0.3, -0.25) is 4.79 Å². The molecule has 9 heteroatoms. The van der Waals surface area contributed by atoms with Crippen LogP contribution in [0.15, 0.2) is 24.4 Å². The molecule has 2 N–H and O–H groups in total. The zero-order valence-corrected chi connectivity index (χ0v) is 13.7. The lowest BCUT2D eigenvalue weighted by Crippen LogP contribution is -2.52. The summed E-state index contributed by atoms with van der Waals surface area (Å²) in [7, 11) is -3.29. The van der Waals surface area contributed by atoms with Gasteiger partial charge in [-0.15, -0.1) is 0 Å². The minimum atomic E-state index is -3.29. The van der Waals surface area contributed by atoms with Crippen molar-refractivity contribution < 1.29 is 22.7 Å². The molecular formula is C14H21N3O5S. The van der Waals surface area contributed by atoms with Gasteiger partial charge in [-0.05, 0) is 6.07 Å². The normalized spacial score (nSPS) is 21.6. The highest BCUT2D eigenvalue weighted by Crippen LogP contribution is 2.15. The van der Waals surface area contributed by atoms with E-state index in [0.717, 1.165) is 6.26 Å². The lowest BCUT2D eigenvalue weighted by molar-refractivity contribution is -0.124. The number of carbonyl (C=O) groups excluding carboxylic acids is 1. The van der Waals surface area contributed by atoms with E-state index >= 15 is 0 Å². The molecule has 1 fully saturated rings. The molecule has 128 valence electrons. The molecule has 2 heterocycles. The first-order valence-corrected chi connectivity index (χ1v) is 9.22. The van der Waals surface area contributed by atoms with Crippen LogP contribution in [-0.2, 0) is 19.6 Å². The summed E-state index contributed by atoms with van der Waals surface area (Å²) in [5.74, 6) is 0.240. The van der Waals surface area contributed by atoms with E-state index in [1.807, 2.05) is 6.07 Å². The smallest absolute Gasteiger partial charge is 0.221 e. The third-order valence-electron chi connectivity index (χ3n) is 3.27. The summed E-state index contributed by atoms with van der Waals surface area (Å²) in [6.07, 6.45) is 3.16. The highest BCUT2D eigenvalue weighted by Gasteiger charge is 2.29. The van der Waals surface area contributed by atoms with Gasteiger partial charge in [0.15, 0.2) is 0 Å². The van der Waals surface area contributed by atoms with Crippen molar-refractivity contribution in [1.82, 2.24) is 15.0 Å². The number of hydrogen-bond donors (Lipinski definition) is 2. The number of hydrogen-bond acceptors (Lipinski definition) is 6. The van der Waals surface area contributed by atoms with Gasteiger partial charge in [0.2, 0.25) is 21.8 Å². The van der Waals surface area contributed by atoms with Gasteiger partial charge in [0, 0.05) is 31.6 Å². The number of amides is 1. The molecule has 0 saturated carbocycles. The fourth-order valence-electron chi connectivity index (χ4n) is 2.19. The van der Waals surface area contributed by atoms with Crippen LogP contribution in [0.2, 0.25) is 0 Å². The molecule has 23 heavy (non-hydrogen) atoms. The zero-order valence-electron chi connectivity index (χ0n) is 12.9. The summed E-state index contributed by atoms with van der Waals surface area (Å²) in [5, 5.41) is 2.82. The Bertz CT molecular complexity index is 608. The second-order valence-electron chi connectivity index (χ2n) is 5.28. The molecule has 2 atom stereocenters. The van der Waals surface area contributed by atoms with Gasteiger partial charge in [0.05, 0.1) is 25.5 Å². The molecule has 0 radical (unpaired) electrons. The quantitative estimate of drug-likeness (QED) is 0.702. The van der Waals surface area contributed by atoms with E-state index in [1.54, 1.807) is 18.3 Å². The van der Waals surface area contributed by atoms with Crippen molar-refractivity contribution >= 4 is 15.9 Å². The average Bonchev–Trinajstić information content (AvgIpc) is 2.49. The van der Waals surface area contributed by atoms with Gasteiger partial charge in [-0.25, -0.2) is 18.1 Å². The molecule has 0 bridgehead atoms. The van der Waals surface area contributed by atoms with Crippen LogP contribution in [0, 0.1) is 0 Å². The zero-order chi connectivity index (χ0) is 16.7. The van der Waals surface area contributed by atoms with Crippen molar-refractivity contribution in [1.29, 1.82) is 0 Å². The topological polar surface area (TPSA) is 107 Å². The third-order valence-corrected chi connectivity index (χ3v) is 3.99. The minimum absolute atomic E-state index is 0.0554. The summed E-state index contributed by atoms with van der Waals surface area (Å²) >= 11 is 0. The van der Waals surface area contributed by atoms with Gasteiger partial charge in [-0.2, -0.15) is 0 Å². The Kier molecular flexibility index (Phi) is 6.31. The molecular weight excluding hydrogens is 322 g/mol. The van der Waals surface area contributed by atoms with Gasteiger partial charge < -0.3 is 14.8 Å². The fraction of sp³-hybridized carbons (Fsp3) is 0.571.